The molecular formula is C22H24N2O5. The number of carbonyl (C=O) groups excluding carboxylic acids is 1. The summed E-state index contributed by atoms with van der Waals surface area (Å²) >= 11 is 0. The molecule has 1 amide bonds. The molecule has 29 heavy (non-hydrogen) atoms. The maximum Gasteiger partial charge on any atom is 0.254 e. The Morgan fingerprint density at radius 1 is 0.724 bits per heavy atom. The molecule has 0 saturated carbocycles. The van der Waals surface area contributed by atoms with E-state index in [1.165, 1.54) is 5.56 Å². The minimum absolute atomic E-state index is 0.0425. The lowest BCUT2D eigenvalue weighted by Crippen LogP contribution is -2.48. The van der Waals surface area contributed by atoms with Crippen molar-refractivity contribution in [3.05, 3.63) is 47.5 Å². The molecule has 0 aromatic heterocycles. The van der Waals surface area contributed by atoms with Gasteiger partial charge in [0.15, 0.2) is 23.0 Å². The summed E-state index contributed by atoms with van der Waals surface area (Å²) < 4.78 is 22.4. The van der Waals surface area contributed by atoms with Crippen molar-refractivity contribution in [2.24, 2.45) is 0 Å². The van der Waals surface area contributed by atoms with Crippen LogP contribution < -0.4 is 18.9 Å². The molecule has 2 aromatic carbocycles. The van der Waals surface area contributed by atoms with Crippen LogP contribution in [0.15, 0.2) is 36.4 Å². The van der Waals surface area contributed by atoms with E-state index in [1.807, 2.05) is 23.1 Å². The summed E-state index contributed by atoms with van der Waals surface area (Å²) in [7, 11) is 0. The van der Waals surface area contributed by atoms with Crippen molar-refractivity contribution in [1.29, 1.82) is 0 Å². The van der Waals surface area contributed by atoms with Crippen LogP contribution in [-0.2, 0) is 6.54 Å². The molecule has 0 unspecified atom stereocenters. The molecule has 5 rings (SSSR count). The fourth-order valence-corrected chi connectivity index (χ4v) is 3.91. The summed E-state index contributed by atoms with van der Waals surface area (Å²) in [5.41, 5.74) is 1.84. The van der Waals surface area contributed by atoms with E-state index < -0.39 is 0 Å². The fraction of sp³-hybridized carbons (Fsp3) is 0.409. The molecule has 0 radical (unpaired) electrons. The molecule has 0 spiro atoms. The summed E-state index contributed by atoms with van der Waals surface area (Å²) in [6.45, 7) is 6.19. The second kappa shape index (κ2) is 7.83. The maximum absolute atomic E-state index is 12.9. The average molecular weight is 396 g/mol. The summed E-state index contributed by atoms with van der Waals surface area (Å²) in [5, 5.41) is 0. The standard InChI is InChI=1S/C22H24N2O5/c25-22(17-2-4-19-21(14-17)29-12-10-27-19)24-7-5-23(6-8-24)15-16-1-3-18-20(13-16)28-11-9-26-18/h1-4,13-14H,5-12,15H2. The molecule has 3 aliphatic rings. The van der Waals surface area contributed by atoms with Gasteiger partial charge in [0.05, 0.1) is 0 Å². The third kappa shape index (κ3) is 3.82. The van der Waals surface area contributed by atoms with Crippen molar-refractivity contribution in [2.45, 2.75) is 6.54 Å². The third-order valence-electron chi connectivity index (χ3n) is 5.46. The molecule has 7 heteroatoms. The minimum atomic E-state index is 0.0425. The predicted molar refractivity (Wildman–Crippen MR) is 106 cm³/mol. The second-order valence-corrected chi connectivity index (χ2v) is 7.40. The van der Waals surface area contributed by atoms with Crippen LogP contribution in [0, 0.1) is 0 Å². The first-order valence-corrected chi connectivity index (χ1v) is 10.1. The normalized spacial score (nSPS) is 18.4. The number of piperazine rings is 1. The van der Waals surface area contributed by atoms with Gasteiger partial charge in [-0.05, 0) is 35.9 Å². The van der Waals surface area contributed by atoms with Crippen LogP contribution in [0.4, 0.5) is 0 Å². The Labute approximate surface area is 169 Å². The smallest absolute Gasteiger partial charge is 0.254 e. The Bertz CT molecular complexity index is 908. The molecule has 1 fully saturated rings. The SMILES string of the molecule is O=C(c1ccc2c(c1)OCCO2)N1CCN(Cc2ccc3c(c2)OCCO3)CC1. The van der Waals surface area contributed by atoms with Gasteiger partial charge < -0.3 is 23.8 Å². The van der Waals surface area contributed by atoms with Gasteiger partial charge in [-0.25, -0.2) is 0 Å². The van der Waals surface area contributed by atoms with Gasteiger partial charge >= 0.3 is 0 Å². The van der Waals surface area contributed by atoms with Crippen LogP contribution in [0.5, 0.6) is 23.0 Å². The molecule has 3 heterocycles. The number of benzene rings is 2. The number of nitrogens with zero attached hydrogens (tertiary/aromatic N) is 2. The van der Waals surface area contributed by atoms with Crippen molar-refractivity contribution < 1.29 is 23.7 Å². The maximum atomic E-state index is 12.9. The largest absolute Gasteiger partial charge is 0.486 e. The summed E-state index contributed by atoms with van der Waals surface area (Å²) in [4.78, 5) is 17.2. The van der Waals surface area contributed by atoms with Crippen LogP contribution in [0.3, 0.4) is 0 Å². The second-order valence-electron chi connectivity index (χ2n) is 7.40. The molecule has 3 aliphatic heterocycles. The number of rotatable bonds is 3. The quantitative estimate of drug-likeness (QED) is 0.793. The van der Waals surface area contributed by atoms with Crippen molar-refractivity contribution >= 4 is 5.91 Å². The fourth-order valence-electron chi connectivity index (χ4n) is 3.91. The molecule has 0 aliphatic carbocycles. The summed E-state index contributed by atoms with van der Waals surface area (Å²) in [5.74, 6) is 3.04. The van der Waals surface area contributed by atoms with E-state index in [-0.39, 0.29) is 5.91 Å². The summed E-state index contributed by atoms with van der Waals surface area (Å²) in [6, 6.07) is 11.5. The Hall–Kier alpha value is -2.93. The van der Waals surface area contributed by atoms with Crippen LogP contribution in [0.25, 0.3) is 0 Å². The molecule has 7 nitrogen and oxygen atoms in total. The number of hydrogen-bond donors (Lipinski definition) is 0. The molecule has 152 valence electrons. The highest BCUT2D eigenvalue weighted by Gasteiger charge is 2.24. The Morgan fingerprint density at radius 2 is 1.31 bits per heavy atom. The predicted octanol–water partition coefficient (Wildman–Crippen LogP) is 2.19. The van der Waals surface area contributed by atoms with Gasteiger partial charge in [0.1, 0.15) is 26.4 Å². The molecular weight excluding hydrogens is 372 g/mol. The summed E-state index contributed by atoms with van der Waals surface area (Å²) in [6.07, 6.45) is 0. The van der Waals surface area contributed by atoms with Crippen LogP contribution in [-0.4, -0.2) is 68.3 Å². The van der Waals surface area contributed by atoms with Gasteiger partial charge in [0, 0.05) is 38.3 Å². The third-order valence-corrected chi connectivity index (χ3v) is 5.46. The van der Waals surface area contributed by atoms with Crippen LogP contribution >= 0.6 is 0 Å². The Balaban J connectivity index is 1.19. The van der Waals surface area contributed by atoms with Gasteiger partial charge in [-0.15, -0.1) is 0 Å². The van der Waals surface area contributed by atoms with Crippen molar-refractivity contribution in [2.75, 3.05) is 52.6 Å². The zero-order valence-electron chi connectivity index (χ0n) is 16.3. The van der Waals surface area contributed by atoms with E-state index in [0.29, 0.717) is 56.6 Å². The van der Waals surface area contributed by atoms with Gasteiger partial charge in [0.25, 0.3) is 5.91 Å². The molecule has 0 N–H and O–H groups in total. The highest BCUT2D eigenvalue weighted by molar-refractivity contribution is 5.95. The molecule has 1 saturated heterocycles. The van der Waals surface area contributed by atoms with Crippen molar-refractivity contribution in [1.82, 2.24) is 9.80 Å². The average Bonchev–Trinajstić information content (AvgIpc) is 2.79. The van der Waals surface area contributed by atoms with Crippen LogP contribution in [0.1, 0.15) is 15.9 Å². The molecule has 2 aromatic rings. The number of hydrogen-bond acceptors (Lipinski definition) is 6. The van der Waals surface area contributed by atoms with Gasteiger partial charge in [-0.2, -0.15) is 0 Å². The van der Waals surface area contributed by atoms with Gasteiger partial charge in [-0.1, -0.05) is 6.07 Å². The van der Waals surface area contributed by atoms with E-state index in [1.54, 1.807) is 6.07 Å². The number of ether oxygens (including phenoxy) is 4. The lowest BCUT2D eigenvalue weighted by Gasteiger charge is -2.35. The highest BCUT2D eigenvalue weighted by Crippen LogP contribution is 2.32. The monoisotopic (exact) mass is 396 g/mol. The highest BCUT2D eigenvalue weighted by atomic mass is 16.6. The van der Waals surface area contributed by atoms with Gasteiger partial charge in [-0.3, -0.25) is 9.69 Å². The topological polar surface area (TPSA) is 60.5 Å². The molecule has 0 bridgehead atoms. The van der Waals surface area contributed by atoms with E-state index >= 15 is 0 Å². The zero-order chi connectivity index (χ0) is 19.6. The molecule has 0 atom stereocenters. The first-order valence-electron chi connectivity index (χ1n) is 10.1. The Morgan fingerprint density at radius 3 is 2.00 bits per heavy atom. The first kappa shape index (κ1) is 18.1. The van der Waals surface area contributed by atoms with E-state index in [2.05, 4.69) is 17.0 Å². The van der Waals surface area contributed by atoms with E-state index in [4.69, 9.17) is 18.9 Å². The zero-order valence-corrected chi connectivity index (χ0v) is 16.3. The number of amides is 1. The lowest BCUT2D eigenvalue weighted by atomic mass is 10.1. The van der Waals surface area contributed by atoms with Crippen molar-refractivity contribution in [3.8, 4) is 23.0 Å². The van der Waals surface area contributed by atoms with Crippen molar-refractivity contribution in [3.63, 3.8) is 0 Å². The first-order chi connectivity index (χ1) is 14.3. The number of carbonyl (C=O) groups is 1. The lowest BCUT2D eigenvalue weighted by molar-refractivity contribution is 0.0627. The van der Waals surface area contributed by atoms with Gasteiger partial charge in [0.2, 0.25) is 0 Å². The Kier molecular flexibility index (Phi) is 4.89. The van der Waals surface area contributed by atoms with Crippen LogP contribution in [0.2, 0.25) is 0 Å². The van der Waals surface area contributed by atoms with E-state index in [0.717, 1.165) is 31.1 Å². The minimum Gasteiger partial charge on any atom is -0.486 e. The van der Waals surface area contributed by atoms with E-state index in [9.17, 15) is 4.79 Å². The number of fused-ring (bicyclic) bond motifs is 2.